The Labute approximate surface area is 201 Å². The summed E-state index contributed by atoms with van der Waals surface area (Å²) in [6.07, 6.45) is 7.88. The maximum Gasteiger partial charge on any atom is 0.305 e. The quantitative estimate of drug-likeness (QED) is 0.264. The number of rotatable bonds is 10. The van der Waals surface area contributed by atoms with Crippen molar-refractivity contribution in [3.8, 4) is 0 Å². The third-order valence-corrected chi connectivity index (χ3v) is 6.40. The molecule has 0 saturated carbocycles. The molecule has 2 atom stereocenters. The minimum atomic E-state index is -0.200. The van der Waals surface area contributed by atoms with Crippen molar-refractivity contribution in [1.82, 2.24) is 0 Å². The van der Waals surface area contributed by atoms with Gasteiger partial charge in [0.25, 0.3) is 0 Å². The number of esters is 1. The van der Waals surface area contributed by atoms with Gasteiger partial charge in [-0.2, -0.15) is 0 Å². The second-order valence-corrected chi connectivity index (χ2v) is 8.66. The zero-order valence-electron chi connectivity index (χ0n) is 19.6. The first-order valence-corrected chi connectivity index (χ1v) is 11.9. The maximum atomic E-state index is 13.2. The van der Waals surface area contributed by atoms with E-state index >= 15 is 0 Å². The van der Waals surface area contributed by atoms with Crippen molar-refractivity contribution >= 4 is 23.6 Å². The highest BCUT2D eigenvalue weighted by molar-refractivity contribution is 6.03. The molecule has 1 saturated heterocycles. The van der Waals surface area contributed by atoms with E-state index in [9.17, 15) is 9.59 Å². The second-order valence-electron chi connectivity index (χ2n) is 8.66. The topological polar surface area (TPSA) is 46.6 Å². The zero-order chi connectivity index (χ0) is 23.8. The summed E-state index contributed by atoms with van der Waals surface area (Å²) >= 11 is 0. The number of anilines is 1. The van der Waals surface area contributed by atoms with E-state index in [0.29, 0.717) is 12.8 Å². The number of nitrogens with zero attached hydrogens (tertiary/aromatic N) is 1. The molecule has 0 unspecified atom stereocenters. The van der Waals surface area contributed by atoms with Crippen molar-refractivity contribution in [3.63, 3.8) is 0 Å². The maximum absolute atomic E-state index is 13.2. The highest BCUT2D eigenvalue weighted by Gasteiger charge is 2.48. The van der Waals surface area contributed by atoms with Crippen LogP contribution >= 0.6 is 0 Å². The summed E-state index contributed by atoms with van der Waals surface area (Å²) in [4.78, 5) is 26.4. The van der Waals surface area contributed by atoms with Crippen molar-refractivity contribution in [2.45, 2.75) is 38.1 Å². The van der Waals surface area contributed by atoms with Crippen LogP contribution in [0.15, 0.2) is 91.0 Å². The Morgan fingerprint density at radius 2 is 1.62 bits per heavy atom. The van der Waals surface area contributed by atoms with Gasteiger partial charge in [-0.25, -0.2) is 0 Å². The van der Waals surface area contributed by atoms with Crippen LogP contribution < -0.4 is 4.90 Å². The molecular weight excluding hydrogens is 422 g/mol. The van der Waals surface area contributed by atoms with Crippen molar-refractivity contribution in [1.29, 1.82) is 0 Å². The number of para-hydroxylation sites is 1. The van der Waals surface area contributed by atoms with Gasteiger partial charge in [-0.3, -0.25) is 9.59 Å². The normalized spacial score (nSPS) is 17.6. The summed E-state index contributed by atoms with van der Waals surface area (Å²) in [6.45, 7) is 0. The first-order valence-electron chi connectivity index (χ1n) is 11.9. The number of ether oxygens (including phenoxy) is 1. The second kappa shape index (κ2) is 11.5. The summed E-state index contributed by atoms with van der Waals surface area (Å²) in [5.74, 6) is -0.00429. The smallest absolute Gasteiger partial charge is 0.305 e. The Balaban J connectivity index is 1.46. The van der Waals surface area contributed by atoms with Crippen molar-refractivity contribution < 1.29 is 14.3 Å². The van der Waals surface area contributed by atoms with Crippen LogP contribution in [0.3, 0.4) is 0 Å². The number of hydrogen-bond donors (Lipinski definition) is 0. The zero-order valence-corrected chi connectivity index (χ0v) is 19.6. The fourth-order valence-corrected chi connectivity index (χ4v) is 4.59. The Kier molecular flexibility index (Phi) is 7.92. The van der Waals surface area contributed by atoms with Crippen LogP contribution in [0.2, 0.25) is 0 Å². The molecule has 1 aliphatic heterocycles. The fraction of sp³-hybridized carbons (Fsp3) is 0.267. The third kappa shape index (κ3) is 5.63. The third-order valence-electron chi connectivity index (χ3n) is 6.40. The molecule has 4 heteroatoms. The molecule has 1 heterocycles. The highest BCUT2D eigenvalue weighted by Crippen LogP contribution is 2.45. The lowest BCUT2D eigenvalue weighted by molar-refractivity contribution is -0.140. The molecule has 3 aromatic carbocycles. The number of aryl methyl sites for hydroxylation is 1. The van der Waals surface area contributed by atoms with Crippen molar-refractivity contribution in [2.75, 3.05) is 12.0 Å². The van der Waals surface area contributed by atoms with Gasteiger partial charge in [0.05, 0.1) is 19.1 Å². The van der Waals surface area contributed by atoms with Crippen LogP contribution in [0.5, 0.6) is 0 Å². The average molecular weight is 454 g/mol. The molecule has 3 aromatic rings. The van der Waals surface area contributed by atoms with Gasteiger partial charge in [-0.15, -0.1) is 0 Å². The van der Waals surface area contributed by atoms with Crippen molar-refractivity contribution in [3.05, 3.63) is 108 Å². The van der Waals surface area contributed by atoms with E-state index in [-0.39, 0.29) is 23.8 Å². The van der Waals surface area contributed by atoms with Gasteiger partial charge in [0, 0.05) is 12.1 Å². The fourth-order valence-electron chi connectivity index (χ4n) is 4.59. The molecule has 1 aliphatic rings. The molecule has 0 spiro atoms. The molecule has 0 aromatic heterocycles. The first-order chi connectivity index (χ1) is 16.7. The van der Waals surface area contributed by atoms with Crippen LogP contribution in [0.1, 0.15) is 48.4 Å². The number of amides is 1. The number of benzene rings is 3. The number of β-lactam (4-membered cyclic amide) rings is 1. The van der Waals surface area contributed by atoms with E-state index in [1.54, 1.807) is 0 Å². The van der Waals surface area contributed by atoms with E-state index in [0.717, 1.165) is 36.1 Å². The minimum absolute atomic E-state index is 0.00892. The predicted molar refractivity (Wildman–Crippen MR) is 136 cm³/mol. The van der Waals surface area contributed by atoms with Gasteiger partial charge < -0.3 is 9.64 Å². The monoisotopic (exact) mass is 453 g/mol. The summed E-state index contributed by atoms with van der Waals surface area (Å²) in [5, 5.41) is 0. The van der Waals surface area contributed by atoms with Gasteiger partial charge in [0.2, 0.25) is 5.91 Å². The van der Waals surface area contributed by atoms with E-state index in [1.165, 1.54) is 12.7 Å². The van der Waals surface area contributed by atoms with E-state index < -0.39 is 0 Å². The number of hydrogen-bond acceptors (Lipinski definition) is 3. The molecule has 1 fully saturated rings. The van der Waals surface area contributed by atoms with Crippen LogP contribution in [-0.4, -0.2) is 19.0 Å². The lowest BCUT2D eigenvalue weighted by Crippen LogP contribution is -2.55. The first kappa shape index (κ1) is 23.5. The summed E-state index contributed by atoms with van der Waals surface area (Å²) in [7, 11) is 1.41. The SMILES string of the molecule is COC(=O)CC/C=C/c1ccc([C@@H]2[C@@H](CCCc3ccccc3)C(=O)N2c2ccccc2)cc1. The highest BCUT2D eigenvalue weighted by atomic mass is 16.5. The van der Waals surface area contributed by atoms with E-state index in [4.69, 9.17) is 0 Å². The van der Waals surface area contributed by atoms with Crippen molar-refractivity contribution in [2.24, 2.45) is 5.92 Å². The molecule has 0 bridgehead atoms. The van der Waals surface area contributed by atoms with Crippen LogP contribution in [0, 0.1) is 5.92 Å². The van der Waals surface area contributed by atoms with Gasteiger partial charge in [-0.1, -0.05) is 84.9 Å². The largest absolute Gasteiger partial charge is 0.469 e. The van der Waals surface area contributed by atoms with Gasteiger partial charge >= 0.3 is 5.97 Å². The molecule has 0 radical (unpaired) electrons. The number of carbonyl (C=O) groups excluding carboxylic acids is 2. The van der Waals surface area contributed by atoms with Gasteiger partial charge in [0.15, 0.2) is 0 Å². The average Bonchev–Trinajstić information content (AvgIpc) is 2.89. The Morgan fingerprint density at radius 3 is 2.29 bits per heavy atom. The molecule has 0 N–H and O–H groups in total. The lowest BCUT2D eigenvalue weighted by Gasteiger charge is -2.47. The molecule has 34 heavy (non-hydrogen) atoms. The molecule has 4 nitrogen and oxygen atoms in total. The van der Waals surface area contributed by atoms with Gasteiger partial charge in [0.1, 0.15) is 0 Å². The number of methoxy groups -OCH3 is 1. The summed E-state index contributed by atoms with van der Waals surface area (Å²) in [6, 6.07) is 28.8. The molecule has 174 valence electrons. The summed E-state index contributed by atoms with van der Waals surface area (Å²) in [5.41, 5.74) is 4.49. The van der Waals surface area contributed by atoms with Crippen LogP contribution in [0.4, 0.5) is 5.69 Å². The van der Waals surface area contributed by atoms with E-state index in [1.807, 2.05) is 53.5 Å². The number of allylic oxidation sites excluding steroid dienone is 1. The van der Waals surface area contributed by atoms with Gasteiger partial charge in [-0.05, 0) is 54.5 Å². The summed E-state index contributed by atoms with van der Waals surface area (Å²) < 4.78 is 4.68. The van der Waals surface area contributed by atoms with E-state index in [2.05, 4.69) is 53.3 Å². The number of carbonyl (C=O) groups is 2. The standard InChI is InChI=1S/C30H31NO3/c1-34-28(32)18-9-8-13-24-19-21-25(22-20-24)29-27(17-10-14-23-11-4-2-5-12-23)30(33)31(29)26-15-6-3-7-16-26/h2-8,11-13,15-16,19-22,27,29H,9-10,14,17-18H2,1H3/b13-8+/t27-,29-/m1/s1. The minimum Gasteiger partial charge on any atom is -0.469 e. The van der Waals surface area contributed by atoms with Crippen LogP contribution in [-0.2, 0) is 20.7 Å². The Bertz CT molecular complexity index is 1110. The van der Waals surface area contributed by atoms with Crippen LogP contribution in [0.25, 0.3) is 6.08 Å². The molecule has 1 amide bonds. The Hall–Kier alpha value is -3.66. The molecule has 0 aliphatic carbocycles. The Morgan fingerprint density at radius 1 is 0.941 bits per heavy atom. The molecule has 4 rings (SSSR count). The lowest BCUT2D eigenvalue weighted by atomic mass is 9.78. The predicted octanol–water partition coefficient (Wildman–Crippen LogP) is 6.38. The molecular formula is C30H31NO3.